The second-order valence-electron chi connectivity index (χ2n) is 5.50. The summed E-state index contributed by atoms with van der Waals surface area (Å²) in [7, 11) is 0. The van der Waals surface area contributed by atoms with Crippen LogP contribution in [0.2, 0.25) is 5.02 Å². The van der Waals surface area contributed by atoms with Crippen LogP contribution in [0.4, 0.5) is 5.69 Å². The minimum atomic E-state index is 0.855. The summed E-state index contributed by atoms with van der Waals surface area (Å²) in [6, 6.07) is 16.7. The van der Waals surface area contributed by atoms with Gasteiger partial charge in [-0.25, -0.2) is 0 Å². The summed E-state index contributed by atoms with van der Waals surface area (Å²) in [5.41, 5.74) is 2.56. The van der Waals surface area contributed by atoms with E-state index in [9.17, 15) is 0 Å². The van der Waals surface area contributed by atoms with Crippen LogP contribution in [0.15, 0.2) is 53.0 Å². The van der Waals surface area contributed by atoms with Crippen LogP contribution in [0.25, 0.3) is 0 Å². The Morgan fingerprint density at radius 2 is 1.81 bits per heavy atom. The molecule has 0 radical (unpaired) electrons. The summed E-state index contributed by atoms with van der Waals surface area (Å²) in [6.07, 6.45) is 0. The number of anilines is 1. The van der Waals surface area contributed by atoms with Gasteiger partial charge in [-0.05, 0) is 24.3 Å². The van der Waals surface area contributed by atoms with Gasteiger partial charge in [0.05, 0.1) is 36.9 Å². The maximum absolute atomic E-state index is 6.29. The molecule has 0 bridgehead atoms. The van der Waals surface area contributed by atoms with Crippen molar-refractivity contribution in [2.24, 2.45) is 0 Å². The molecule has 1 aliphatic rings. The summed E-state index contributed by atoms with van der Waals surface area (Å²) in [4.78, 5) is 4.03. The van der Waals surface area contributed by atoms with Crippen molar-refractivity contribution in [1.29, 1.82) is 0 Å². The lowest BCUT2D eigenvalue weighted by Gasteiger charge is -2.34. The molecule has 0 saturated carbocycles. The lowest BCUT2D eigenvalue weighted by atomic mass is 10.2. The topological polar surface area (TPSA) is 7.68 Å². The van der Waals surface area contributed by atoms with E-state index < -0.39 is 0 Å². The van der Waals surface area contributed by atoms with E-state index in [0.717, 1.165) is 42.2 Å². The fourth-order valence-corrected chi connectivity index (χ4v) is 3.59. The van der Waals surface area contributed by atoms with Crippen molar-refractivity contribution in [3.8, 4) is 0 Å². The fraction of sp³-hybridized carbons (Fsp3) is 0.294. The van der Waals surface area contributed by atoms with E-state index in [4.69, 9.17) is 11.6 Å². The van der Waals surface area contributed by atoms with Crippen LogP contribution in [0.3, 0.4) is 0 Å². The molecule has 2 nitrogen and oxygen atoms in total. The molecule has 2 aromatic rings. The first-order chi connectivity index (χ1) is 10.2. The molecule has 1 N–H and O–H groups in total. The van der Waals surface area contributed by atoms with Crippen molar-refractivity contribution in [2.45, 2.75) is 6.54 Å². The first kappa shape index (κ1) is 14.9. The van der Waals surface area contributed by atoms with Crippen molar-refractivity contribution in [1.82, 2.24) is 0 Å². The molecule has 2 aromatic carbocycles. The Bertz CT molecular complexity index is 609. The van der Waals surface area contributed by atoms with Gasteiger partial charge in [0.1, 0.15) is 6.54 Å². The molecular weight excluding hydrogens is 348 g/mol. The molecule has 1 aliphatic heterocycles. The Kier molecular flexibility index (Phi) is 4.84. The van der Waals surface area contributed by atoms with Crippen LogP contribution >= 0.6 is 27.5 Å². The van der Waals surface area contributed by atoms with Crippen LogP contribution in [0.5, 0.6) is 0 Å². The van der Waals surface area contributed by atoms with Crippen molar-refractivity contribution in [2.75, 3.05) is 31.1 Å². The Morgan fingerprint density at radius 3 is 2.52 bits per heavy atom. The molecular formula is C17H19BrClN2+. The van der Waals surface area contributed by atoms with Gasteiger partial charge in [-0.15, -0.1) is 0 Å². The second kappa shape index (κ2) is 6.82. The number of hydrogen-bond donors (Lipinski definition) is 1. The molecule has 1 saturated heterocycles. The largest absolute Gasteiger partial charge is 0.359 e. The number of benzene rings is 2. The minimum Gasteiger partial charge on any atom is -0.359 e. The van der Waals surface area contributed by atoms with Crippen molar-refractivity contribution in [3.05, 3.63) is 63.6 Å². The molecule has 21 heavy (non-hydrogen) atoms. The lowest BCUT2D eigenvalue weighted by Crippen LogP contribution is -3.13. The van der Waals surface area contributed by atoms with Crippen LogP contribution in [-0.4, -0.2) is 26.2 Å². The first-order valence-electron chi connectivity index (χ1n) is 7.30. The molecule has 4 heteroatoms. The smallest absolute Gasteiger partial charge is 0.103 e. The van der Waals surface area contributed by atoms with Gasteiger partial charge in [0, 0.05) is 10.0 Å². The molecule has 0 aliphatic carbocycles. The highest BCUT2D eigenvalue weighted by Gasteiger charge is 2.21. The van der Waals surface area contributed by atoms with Crippen molar-refractivity contribution < 1.29 is 4.90 Å². The third-order valence-electron chi connectivity index (χ3n) is 4.01. The zero-order chi connectivity index (χ0) is 14.7. The zero-order valence-corrected chi connectivity index (χ0v) is 14.2. The molecule has 3 rings (SSSR count). The zero-order valence-electron chi connectivity index (χ0n) is 11.9. The molecule has 0 unspecified atom stereocenters. The van der Waals surface area contributed by atoms with E-state index in [-0.39, 0.29) is 0 Å². The van der Waals surface area contributed by atoms with E-state index >= 15 is 0 Å². The molecule has 0 atom stereocenters. The lowest BCUT2D eigenvalue weighted by molar-refractivity contribution is -0.914. The molecule has 0 amide bonds. The first-order valence-corrected chi connectivity index (χ1v) is 8.47. The minimum absolute atomic E-state index is 0.855. The summed E-state index contributed by atoms with van der Waals surface area (Å²) in [6.45, 7) is 5.52. The number of piperazine rings is 1. The van der Waals surface area contributed by atoms with Gasteiger partial charge in [-0.1, -0.05) is 51.8 Å². The molecule has 0 spiro atoms. The van der Waals surface area contributed by atoms with Gasteiger partial charge >= 0.3 is 0 Å². The standard InChI is InChI=1S/C17H18BrClN2/c18-15-5-3-4-14(12-15)13-20-8-10-21(11-9-20)17-7-2-1-6-16(17)19/h1-7,12H,8-11,13H2/p+1. The Balaban J connectivity index is 1.59. The third-order valence-corrected chi connectivity index (χ3v) is 4.82. The van der Waals surface area contributed by atoms with Gasteiger partial charge in [0.15, 0.2) is 0 Å². The molecule has 1 fully saturated rings. The highest BCUT2D eigenvalue weighted by molar-refractivity contribution is 9.10. The number of nitrogens with one attached hydrogen (secondary N) is 1. The van der Waals surface area contributed by atoms with Crippen molar-refractivity contribution in [3.63, 3.8) is 0 Å². The summed E-state index contributed by atoms with van der Waals surface area (Å²) >= 11 is 9.83. The molecule has 0 aromatic heterocycles. The Labute approximate surface area is 139 Å². The highest BCUT2D eigenvalue weighted by atomic mass is 79.9. The molecule has 110 valence electrons. The number of para-hydroxylation sites is 1. The number of hydrogen-bond acceptors (Lipinski definition) is 1. The van der Waals surface area contributed by atoms with Crippen LogP contribution in [-0.2, 0) is 6.54 Å². The Morgan fingerprint density at radius 1 is 1.05 bits per heavy atom. The SMILES string of the molecule is Clc1ccccc1N1CC[NH+](Cc2cccc(Br)c2)CC1. The van der Waals surface area contributed by atoms with E-state index in [1.54, 1.807) is 4.90 Å². The van der Waals surface area contributed by atoms with E-state index in [1.165, 1.54) is 11.3 Å². The fourth-order valence-electron chi connectivity index (χ4n) is 2.88. The van der Waals surface area contributed by atoms with E-state index in [2.05, 4.69) is 57.2 Å². The van der Waals surface area contributed by atoms with Crippen LogP contribution in [0, 0.1) is 0 Å². The predicted molar refractivity (Wildman–Crippen MR) is 92.2 cm³/mol. The van der Waals surface area contributed by atoms with E-state index in [1.807, 2.05) is 12.1 Å². The van der Waals surface area contributed by atoms with Gasteiger partial charge < -0.3 is 9.80 Å². The molecule has 1 heterocycles. The number of rotatable bonds is 3. The van der Waals surface area contributed by atoms with E-state index in [0.29, 0.717) is 0 Å². The summed E-state index contributed by atoms with van der Waals surface area (Å²) in [5.74, 6) is 0. The average molecular weight is 367 g/mol. The van der Waals surface area contributed by atoms with Crippen molar-refractivity contribution >= 4 is 33.2 Å². The monoisotopic (exact) mass is 365 g/mol. The maximum Gasteiger partial charge on any atom is 0.103 e. The predicted octanol–water partition coefficient (Wildman–Crippen LogP) is 3.01. The number of halogens is 2. The van der Waals surface area contributed by atoms with Crippen LogP contribution < -0.4 is 9.80 Å². The highest BCUT2D eigenvalue weighted by Crippen LogP contribution is 2.24. The van der Waals surface area contributed by atoms with Gasteiger partial charge in [0.2, 0.25) is 0 Å². The quantitative estimate of drug-likeness (QED) is 0.877. The number of quaternary nitrogens is 1. The third kappa shape index (κ3) is 3.79. The van der Waals surface area contributed by atoms with Gasteiger partial charge in [-0.3, -0.25) is 0 Å². The van der Waals surface area contributed by atoms with Gasteiger partial charge in [-0.2, -0.15) is 0 Å². The Hall–Kier alpha value is -1.03. The van der Waals surface area contributed by atoms with Crippen LogP contribution in [0.1, 0.15) is 5.56 Å². The summed E-state index contributed by atoms with van der Waals surface area (Å²) < 4.78 is 1.16. The van der Waals surface area contributed by atoms with Gasteiger partial charge in [0.25, 0.3) is 0 Å². The summed E-state index contributed by atoms with van der Waals surface area (Å²) in [5, 5.41) is 0.855. The second-order valence-corrected chi connectivity index (χ2v) is 6.82. The normalized spacial score (nSPS) is 16.2. The number of nitrogens with zero attached hydrogens (tertiary/aromatic N) is 1. The maximum atomic E-state index is 6.29. The average Bonchev–Trinajstić information content (AvgIpc) is 2.49.